The largest absolute Gasteiger partial charge is 0.351 e. The molecule has 2 heterocycles. The van der Waals surface area contributed by atoms with Crippen LogP contribution >= 0.6 is 24.0 Å². The quantitative estimate of drug-likeness (QED) is 0.401. The Labute approximate surface area is 186 Å². The Hall–Kier alpha value is -1.77. The summed E-state index contributed by atoms with van der Waals surface area (Å²) in [5.74, 6) is 3.15. The van der Waals surface area contributed by atoms with E-state index in [1.165, 1.54) is 5.56 Å². The molecule has 0 saturated carbocycles. The number of aliphatic imine (C=N–C) groups is 1. The molecule has 1 aliphatic rings. The number of nitrogens with zero attached hydrogens (tertiary/aromatic N) is 5. The van der Waals surface area contributed by atoms with Gasteiger partial charge in [-0.2, -0.15) is 0 Å². The van der Waals surface area contributed by atoms with Crippen molar-refractivity contribution in [3.63, 3.8) is 0 Å². The second-order valence-corrected chi connectivity index (χ2v) is 7.63. The second-order valence-electron chi connectivity index (χ2n) is 7.63. The van der Waals surface area contributed by atoms with E-state index < -0.39 is 0 Å². The van der Waals surface area contributed by atoms with Crippen LogP contribution in [0.1, 0.15) is 30.5 Å². The van der Waals surface area contributed by atoms with Gasteiger partial charge < -0.3 is 19.7 Å². The van der Waals surface area contributed by atoms with E-state index in [0.29, 0.717) is 11.8 Å². The number of piperidine rings is 1. The molecule has 1 aliphatic heterocycles. The number of anilines is 1. The van der Waals surface area contributed by atoms with E-state index in [1.807, 2.05) is 32.2 Å². The summed E-state index contributed by atoms with van der Waals surface area (Å²) >= 11 is 0. The van der Waals surface area contributed by atoms with Gasteiger partial charge in [-0.25, -0.2) is 4.98 Å². The number of hydrogen-bond acceptors (Lipinski definition) is 3. The number of rotatable bonds is 4. The Morgan fingerprint density at radius 3 is 2.57 bits per heavy atom. The molecule has 28 heavy (non-hydrogen) atoms. The molecule has 0 spiro atoms. The number of imidazole rings is 1. The highest BCUT2D eigenvalue weighted by molar-refractivity contribution is 14.0. The van der Waals surface area contributed by atoms with Crippen molar-refractivity contribution in [2.75, 3.05) is 39.1 Å². The zero-order valence-electron chi connectivity index (χ0n) is 17.6. The van der Waals surface area contributed by atoms with Crippen LogP contribution < -0.4 is 10.2 Å². The Bertz CT molecular complexity index is 770. The zero-order valence-corrected chi connectivity index (χ0v) is 19.9. The average Bonchev–Trinajstić information content (AvgIpc) is 3.04. The van der Waals surface area contributed by atoms with Gasteiger partial charge in [0, 0.05) is 41.3 Å². The van der Waals surface area contributed by atoms with E-state index in [9.17, 15) is 0 Å². The summed E-state index contributed by atoms with van der Waals surface area (Å²) in [6.07, 6.45) is 3.09. The van der Waals surface area contributed by atoms with E-state index in [1.54, 1.807) is 0 Å². The fraction of sp³-hybridized carbons (Fsp3) is 0.524. The van der Waals surface area contributed by atoms with Crippen LogP contribution in [0.2, 0.25) is 0 Å². The minimum atomic E-state index is 0. The lowest BCUT2D eigenvalue weighted by Crippen LogP contribution is -2.47. The molecule has 1 aromatic heterocycles. The minimum absolute atomic E-state index is 0. The average molecular weight is 496 g/mol. The predicted molar refractivity (Wildman–Crippen MR) is 128 cm³/mol. The van der Waals surface area contributed by atoms with Crippen LogP contribution in [0.4, 0.5) is 5.95 Å². The maximum atomic E-state index is 4.52. The smallest absolute Gasteiger partial charge is 0.204 e. The summed E-state index contributed by atoms with van der Waals surface area (Å²) in [4.78, 5) is 13.4. The standard InChI is InChI=1S/C21H32N6.HI/c1-16-15-27(12-11-19(16)17-9-7-6-8-10-17)20(22-2)23-13-18-14-24-21(25(3)4)26(18)5;/h6-10,14,16,19H,11-13,15H2,1-5H3,(H,22,23);1H. The molecule has 0 amide bonds. The van der Waals surface area contributed by atoms with E-state index in [-0.39, 0.29) is 24.0 Å². The fourth-order valence-electron chi connectivity index (χ4n) is 4.05. The van der Waals surface area contributed by atoms with Crippen molar-refractivity contribution in [3.8, 4) is 0 Å². The molecule has 1 saturated heterocycles. The highest BCUT2D eigenvalue weighted by Gasteiger charge is 2.28. The summed E-state index contributed by atoms with van der Waals surface area (Å²) in [6, 6.07) is 10.9. The van der Waals surface area contributed by atoms with E-state index in [0.717, 1.165) is 43.7 Å². The third-order valence-electron chi connectivity index (χ3n) is 5.53. The molecule has 2 atom stereocenters. The second kappa shape index (κ2) is 10.1. The number of hydrogen-bond donors (Lipinski definition) is 1. The van der Waals surface area contributed by atoms with Crippen molar-refractivity contribution < 1.29 is 0 Å². The normalized spacial score (nSPS) is 19.9. The third-order valence-corrected chi connectivity index (χ3v) is 5.53. The van der Waals surface area contributed by atoms with Crippen molar-refractivity contribution in [3.05, 3.63) is 47.8 Å². The first-order valence-electron chi connectivity index (χ1n) is 9.69. The number of halogens is 1. The monoisotopic (exact) mass is 496 g/mol. The minimum Gasteiger partial charge on any atom is -0.351 e. The molecule has 154 valence electrons. The first-order valence-corrected chi connectivity index (χ1v) is 9.69. The van der Waals surface area contributed by atoms with Gasteiger partial charge in [0.15, 0.2) is 5.96 Å². The fourth-order valence-corrected chi connectivity index (χ4v) is 4.05. The van der Waals surface area contributed by atoms with Gasteiger partial charge in [-0.05, 0) is 23.8 Å². The summed E-state index contributed by atoms with van der Waals surface area (Å²) in [7, 11) is 7.94. The lowest BCUT2D eigenvalue weighted by atomic mass is 9.82. The molecule has 3 rings (SSSR count). The van der Waals surface area contributed by atoms with Crippen molar-refractivity contribution in [2.24, 2.45) is 18.0 Å². The number of guanidine groups is 1. The molecule has 7 heteroatoms. The maximum Gasteiger partial charge on any atom is 0.204 e. The molecular weight excluding hydrogens is 463 g/mol. The maximum absolute atomic E-state index is 4.52. The first kappa shape index (κ1) is 22.5. The van der Waals surface area contributed by atoms with Gasteiger partial charge in [-0.1, -0.05) is 37.3 Å². The van der Waals surface area contributed by atoms with Crippen LogP contribution in [-0.4, -0.2) is 54.6 Å². The van der Waals surface area contributed by atoms with Crippen molar-refractivity contribution in [1.29, 1.82) is 0 Å². The highest BCUT2D eigenvalue weighted by atomic mass is 127. The van der Waals surface area contributed by atoms with Gasteiger partial charge in [-0.3, -0.25) is 4.99 Å². The third kappa shape index (κ3) is 4.98. The van der Waals surface area contributed by atoms with Crippen LogP contribution in [0.3, 0.4) is 0 Å². The van der Waals surface area contributed by atoms with Gasteiger partial charge in [-0.15, -0.1) is 24.0 Å². The molecule has 6 nitrogen and oxygen atoms in total. The summed E-state index contributed by atoms with van der Waals surface area (Å²) < 4.78 is 2.12. The number of likely N-dealkylation sites (tertiary alicyclic amines) is 1. The molecule has 0 bridgehead atoms. The molecule has 2 unspecified atom stereocenters. The van der Waals surface area contributed by atoms with Crippen molar-refractivity contribution >= 4 is 35.9 Å². The highest BCUT2D eigenvalue weighted by Crippen LogP contribution is 2.32. The molecule has 0 radical (unpaired) electrons. The SMILES string of the molecule is CN=C(NCc1cnc(N(C)C)n1C)N1CCC(c2ccccc2)C(C)C1.I. The Balaban J connectivity index is 0.00000280. The zero-order chi connectivity index (χ0) is 19.4. The number of aromatic nitrogens is 2. The summed E-state index contributed by atoms with van der Waals surface area (Å²) in [5.41, 5.74) is 2.60. The van der Waals surface area contributed by atoms with Gasteiger partial charge in [0.1, 0.15) is 0 Å². The van der Waals surface area contributed by atoms with E-state index in [2.05, 4.69) is 69.1 Å². The van der Waals surface area contributed by atoms with Crippen LogP contribution in [0.5, 0.6) is 0 Å². The Morgan fingerprint density at radius 2 is 2.00 bits per heavy atom. The van der Waals surface area contributed by atoms with Crippen LogP contribution in [-0.2, 0) is 13.6 Å². The lowest BCUT2D eigenvalue weighted by molar-refractivity contribution is 0.234. The van der Waals surface area contributed by atoms with Crippen molar-refractivity contribution in [2.45, 2.75) is 25.8 Å². The molecular formula is C21H33IN6. The van der Waals surface area contributed by atoms with Gasteiger partial charge in [0.2, 0.25) is 5.95 Å². The van der Waals surface area contributed by atoms with Gasteiger partial charge >= 0.3 is 0 Å². The van der Waals surface area contributed by atoms with Crippen LogP contribution in [0.25, 0.3) is 0 Å². The summed E-state index contributed by atoms with van der Waals surface area (Å²) in [5, 5.41) is 3.52. The molecule has 0 aliphatic carbocycles. The molecule has 2 aromatic rings. The lowest BCUT2D eigenvalue weighted by Gasteiger charge is -2.39. The van der Waals surface area contributed by atoms with Gasteiger partial charge in [0.25, 0.3) is 0 Å². The number of nitrogens with one attached hydrogen (secondary N) is 1. The van der Waals surface area contributed by atoms with Gasteiger partial charge in [0.05, 0.1) is 18.4 Å². The van der Waals surface area contributed by atoms with Crippen LogP contribution in [0, 0.1) is 5.92 Å². The first-order chi connectivity index (χ1) is 13.0. The predicted octanol–water partition coefficient (Wildman–Crippen LogP) is 3.31. The summed E-state index contributed by atoms with van der Waals surface area (Å²) in [6.45, 7) is 5.12. The van der Waals surface area contributed by atoms with E-state index >= 15 is 0 Å². The number of benzene rings is 1. The van der Waals surface area contributed by atoms with Crippen molar-refractivity contribution in [1.82, 2.24) is 19.8 Å². The molecule has 1 fully saturated rings. The van der Waals surface area contributed by atoms with E-state index in [4.69, 9.17) is 0 Å². The Morgan fingerprint density at radius 1 is 1.29 bits per heavy atom. The molecule has 1 aromatic carbocycles. The Kier molecular flexibility index (Phi) is 8.15. The topological polar surface area (TPSA) is 48.7 Å². The van der Waals surface area contributed by atoms with Crippen LogP contribution in [0.15, 0.2) is 41.5 Å². The molecule has 1 N–H and O–H groups in total.